The van der Waals surface area contributed by atoms with Crippen molar-refractivity contribution < 1.29 is 9.59 Å². The van der Waals surface area contributed by atoms with E-state index in [9.17, 15) is 9.59 Å². The highest BCUT2D eigenvalue weighted by atomic mass is 35.5. The third kappa shape index (κ3) is 4.70. The molecule has 1 atom stereocenters. The molecule has 0 saturated carbocycles. The van der Waals surface area contributed by atoms with Gasteiger partial charge in [0.05, 0.1) is 17.8 Å². The number of pyridine rings is 1. The van der Waals surface area contributed by atoms with Crippen LogP contribution in [0.1, 0.15) is 36.0 Å². The smallest absolute Gasteiger partial charge is 0.253 e. The number of piperidine rings is 1. The van der Waals surface area contributed by atoms with Gasteiger partial charge in [0, 0.05) is 36.8 Å². The molecule has 0 spiro atoms. The monoisotopic (exact) mass is 412 g/mol. The number of carbonyl (C=O) groups excluding carboxylic acids is 2. The fraction of sp³-hybridized carbons (Fsp3) is 0.409. The zero-order valence-corrected chi connectivity index (χ0v) is 17.1. The molecule has 0 radical (unpaired) electrons. The first kappa shape index (κ1) is 19.7. The van der Waals surface area contributed by atoms with Gasteiger partial charge in [0.15, 0.2) is 0 Å². The van der Waals surface area contributed by atoms with E-state index < -0.39 is 0 Å². The van der Waals surface area contributed by atoms with Crippen LogP contribution in [0.25, 0.3) is 0 Å². The van der Waals surface area contributed by atoms with E-state index in [2.05, 4.69) is 15.2 Å². The molecule has 4 rings (SSSR count). The lowest BCUT2D eigenvalue weighted by molar-refractivity contribution is -0.121. The zero-order chi connectivity index (χ0) is 20.2. The van der Waals surface area contributed by atoms with Crippen LogP contribution >= 0.6 is 11.6 Å². The molecular formula is C22H25ClN4O2. The van der Waals surface area contributed by atoms with E-state index in [4.69, 9.17) is 11.6 Å². The summed E-state index contributed by atoms with van der Waals surface area (Å²) >= 11 is 5.90. The number of carbonyl (C=O) groups is 2. The maximum atomic E-state index is 12.8. The number of nitrogens with one attached hydrogen (secondary N) is 1. The molecule has 2 aliphatic rings. The molecule has 1 aromatic heterocycles. The van der Waals surface area contributed by atoms with Gasteiger partial charge >= 0.3 is 0 Å². The first-order valence-electron chi connectivity index (χ1n) is 10.2. The number of hydrogen-bond donors (Lipinski definition) is 1. The summed E-state index contributed by atoms with van der Waals surface area (Å²) in [4.78, 5) is 34.0. The topological polar surface area (TPSA) is 65.5 Å². The van der Waals surface area contributed by atoms with Gasteiger partial charge in [-0.25, -0.2) is 4.98 Å². The summed E-state index contributed by atoms with van der Waals surface area (Å²) in [5.41, 5.74) is 1.29. The van der Waals surface area contributed by atoms with Gasteiger partial charge in [-0.2, -0.15) is 0 Å². The molecule has 152 valence electrons. The largest absolute Gasteiger partial charge is 0.357 e. The Bertz CT molecular complexity index is 863. The number of likely N-dealkylation sites (tertiary alicyclic amines) is 1. The zero-order valence-electron chi connectivity index (χ0n) is 16.3. The first-order chi connectivity index (χ1) is 14.1. The van der Waals surface area contributed by atoms with Crippen LogP contribution in [0.5, 0.6) is 0 Å². The van der Waals surface area contributed by atoms with Gasteiger partial charge in [-0.1, -0.05) is 11.6 Å². The van der Waals surface area contributed by atoms with E-state index in [0.29, 0.717) is 29.4 Å². The highest BCUT2D eigenvalue weighted by molar-refractivity contribution is 6.30. The van der Waals surface area contributed by atoms with Crippen molar-refractivity contribution in [2.24, 2.45) is 5.92 Å². The molecule has 29 heavy (non-hydrogen) atoms. The number of amides is 2. The summed E-state index contributed by atoms with van der Waals surface area (Å²) < 4.78 is 0. The van der Waals surface area contributed by atoms with Gasteiger partial charge < -0.3 is 15.1 Å². The van der Waals surface area contributed by atoms with Crippen LogP contribution in [0.3, 0.4) is 0 Å². The second-order valence-electron chi connectivity index (χ2n) is 7.69. The van der Waals surface area contributed by atoms with E-state index in [0.717, 1.165) is 31.7 Å². The van der Waals surface area contributed by atoms with Crippen molar-refractivity contribution >= 4 is 34.9 Å². The molecule has 2 saturated heterocycles. The SMILES string of the molecule is O=C(Nc1ccc(N2CCCC2)nc1)C1CCCN(C(=O)c2ccc(Cl)cc2)C1. The minimum atomic E-state index is -0.224. The van der Waals surface area contributed by atoms with Crippen LogP contribution in [-0.4, -0.2) is 47.9 Å². The lowest BCUT2D eigenvalue weighted by Crippen LogP contribution is -2.43. The second-order valence-corrected chi connectivity index (χ2v) is 8.12. The number of rotatable bonds is 4. The lowest BCUT2D eigenvalue weighted by Gasteiger charge is -2.32. The maximum Gasteiger partial charge on any atom is 0.253 e. The Hall–Kier alpha value is -2.60. The Labute approximate surface area is 175 Å². The Morgan fingerprint density at radius 2 is 1.76 bits per heavy atom. The van der Waals surface area contributed by atoms with E-state index in [1.807, 2.05) is 12.1 Å². The number of halogens is 1. The predicted octanol–water partition coefficient (Wildman–Crippen LogP) is 3.83. The van der Waals surface area contributed by atoms with Crippen LogP contribution in [0, 0.1) is 5.92 Å². The van der Waals surface area contributed by atoms with Crippen molar-refractivity contribution in [1.29, 1.82) is 0 Å². The average Bonchev–Trinajstić information content (AvgIpc) is 3.29. The van der Waals surface area contributed by atoms with Gasteiger partial charge in [-0.05, 0) is 62.1 Å². The van der Waals surface area contributed by atoms with Gasteiger partial charge in [0.25, 0.3) is 5.91 Å². The molecule has 2 aromatic rings. The van der Waals surface area contributed by atoms with Gasteiger partial charge in [-0.3, -0.25) is 9.59 Å². The summed E-state index contributed by atoms with van der Waals surface area (Å²) in [5.74, 6) is 0.612. The number of benzene rings is 1. The summed E-state index contributed by atoms with van der Waals surface area (Å²) in [7, 11) is 0. The van der Waals surface area contributed by atoms with E-state index in [1.165, 1.54) is 12.8 Å². The summed E-state index contributed by atoms with van der Waals surface area (Å²) in [6.45, 7) is 3.17. The van der Waals surface area contributed by atoms with Crippen molar-refractivity contribution in [2.75, 3.05) is 36.4 Å². The van der Waals surface area contributed by atoms with Crippen molar-refractivity contribution in [3.05, 3.63) is 53.2 Å². The molecule has 0 bridgehead atoms. The van der Waals surface area contributed by atoms with Gasteiger partial charge in [0.1, 0.15) is 5.82 Å². The van der Waals surface area contributed by atoms with Crippen LogP contribution in [0.2, 0.25) is 5.02 Å². The maximum absolute atomic E-state index is 12.8. The van der Waals surface area contributed by atoms with Crippen LogP contribution in [0.4, 0.5) is 11.5 Å². The summed E-state index contributed by atoms with van der Waals surface area (Å²) in [5, 5.41) is 3.56. The van der Waals surface area contributed by atoms with Crippen LogP contribution in [0.15, 0.2) is 42.6 Å². The normalized spacial score (nSPS) is 19.3. The Balaban J connectivity index is 1.35. The lowest BCUT2D eigenvalue weighted by atomic mass is 9.96. The summed E-state index contributed by atoms with van der Waals surface area (Å²) in [6.07, 6.45) is 5.70. The second kappa shape index (κ2) is 8.82. The van der Waals surface area contributed by atoms with Crippen molar-refractivity contribution in [2.45, 2.75) is 25.7 Å². The summed E-state index contributed by atoms with van der Waals surface area (Å²) in [6, 6.07) is 10.7. The minimum Gasteiger partial charge on any atom is -0.357 e. The van der Waals surface area contributed by atoms with Gasteiger partial charge in [-0.15, -0.1) is 0 Å². The molecule has 1 unspecified atom stereocenters. The van der Waals surface area contributed by atoms with Crippen LogP contribution < -0.4 is 10.2 Å². The number of nitrogens with zero attached hydrogens (tertiary/aromatic N) is 3. The molecular weight excluding hydrogens is 388 g/mol. The quantitative estimate of drug-likeness (QED) is 0.828. The number of aromatic nitrogens is 1. The average molecular weight is 413 g/mol. The molecule has 0 aliphatic carbocycles. The molecule has 7 heteroatoms. The third-order valence-corrected chi connectivity index (χ3v) is 5.87. The van der Waals surface area contributed by atoms with Crippen molar-refractivity contribution in [3.63, 3.8) is 0 Å². The molecule has 2 aliphatic heterocycles. The fourth-order valence-electron chi connectivity index (χ4n) is 3.99. The molecule has 1 N–H and O–H groups in total. The van der Waals surface area contributed by atoms with E-state index in [-0.39, 0.29) is 17.7 Å². The molecule has 3 heterocycles. The molecule has 2 fully saturated rings. The van der Waals surface area contributed by atoms with E-state index >= 15 is 0 Å². The number of hydrogen-bond acceptors (Lipinski definition) is 4. The van der Waals surface area contributed by atoms with Gasteiger partial charge in [0.2, 0.25) is 5.91 Å². The molecule has 1 aromatic carbocycles. The standard InChI is InChI=1S/C22H25ClN4O2/c23-18-7-5-16(6-8-18)22(29)27-13-3-4-17(15-27)21(28)25-19-9-10-20(24-14-19)26-11-1-2-12-26/h5-10,14,17H,1-4,11-13,15H2,(H,25,28). The Morgan fingerprint density at radius 3 is 2.45 bits per heavy atom. The van der Waals surface area contributed by atoms with E-state index in [1.54, 1.807) is 35.4 Å². The predicted molar refractivity (Wildman–Crippen MR) is 114 cm³/mol. The first-order valence-corrected chi connectivity index (χ1v) is 10.5. The Kier molecular flexibility index (Phi) is 6.00. The van der Waals surface area contributed by atoms with Crippen molar-refractivity contribution in [3.8, 4) is 0 Å². The van der Waals surface area contributed by atoms with Crippen molar-refractivity contribution in [1.82, 2.24) is 9.88 Å². The third-order valence-electron chi connectivity index (χ3n) is 5.62. The van der Waals surface area contributed by atoms with Crippen LogP contribution in [-0.2, 0) is 4.79 Å². The highest BCUT2D eigenvalue weighted by Gasteiger charge is 2.29. The molecule has 6 nitrogen and oxygen atoms in total. The fourth-order valence-corrected chi connectivity index (χ4v) is 4.11. The highest BCUT2D eigenvalue weighted by Crippen LogP contribution is 2.23. The Morgan fingerprint density at radius 1 is 1.00 bits per heavy atom. The molecule has 2 amide bonds. The number of anilines is 2. The minimum absolute atomic E-state index is 0.0594.